The van der Waals surface area contributed by atoms with Gasteiger partial charge in [-0.15, -0.1) is 0 Å². The summed E-state index contributed by atoms with van der Waals surface area (Å²) in [7, 11) is 0. The van der Waals surface area contributed by atoms with Gasteiger partial charge in [0.1, 0.15) is 0 Å². The Morgan fingerprint density at radius 2 is 2.13 bits per heavy atom. The monoisotopic (exact) mass is 211 g/mol. The summed E-state index contributed by atoms with van der Waals surface area (Å²) in [6, 6.07) is 0.0437. The molecule has 0 amide bonds. The lowest BCUT2D eigenvalue weighted by atomic mass is 10.0. The van der Waals surface area contributed by atoms with E-state index >= 15 is 0 Å². The Labute approximate surface area is 91.1 Å². The van der Waals surface area contributed by atoms with Gasteiger partial charge < -0.3 is 15.4 Å². The molecular weight excluding hydrogens is 190 g/mol. The summed E-state index contributed by atoms with van der Waals surface area (Å²) in [5.74, 6) is 0.639. The predicted octanol–water partition coefficient (Wildman–Crippen LogP) is 1.48. The maximum absolute atomic E-state index is 9.03. The average Bonchev–Trinajstić information content (AvgIpc) is 2.63. The SMILES string of the molecule is CC(C)CC(C)n1cncc1C(N)CO. The van der Waals surface area contributed by atoms with Gasteiger partial charge in [-0.2, -0.15) is 0 Å². The van der Waals surface area contributed by atoms with Crippen LogP contribution in [0.2, 0.25) is 0 Å². The smallest absolute Gasteiger partial charge is 0.0951 e. The van der Waals surface area contributed by atoms with Crippen LogP contribution in [0, 0.1) is 5.92 Å². The van der Waals surface area contributed by atoms with Crippen LogP contribution in [-0.4, -0.2) is 21.3 Å². The highest BCUT2D eigenvalue weighted by atomic mass is 16.3. The summed E-state index contributed by atoms with van der Waals surface area (Å²) in [6.07, 6.45) is 4.61. The molecule has 0 spiro atoms. The fraction of sp³-hybridized carbons (Fsp3) is 0.727. The molecule has 0 aliphatic heterocycles. The highest BCUT2D eigenvalue weighted by molar-refractivity contribution is 5.05. The standard InChI is InChI=1S/C11H21N3O/c1-8(2)4-9(3)14-7-13-5-11(14)10(12)6-15/h5,7-10,15H,4,6,12H2,1-3H3. The number of aromatic nitrogens is 2. The Kier molecular flexibility index (Phi) is 4.29. The van der Waals surface area contributed by atoms with Gasteiger partial charge in [0.05, 0.1) is 24.7 Å². The summed E-state index contributed by atoms with van der Waals surface area (Å²) >= 11 is 0. The number of nitrogens with two attached hydrogens (primary N) is 1. The molecule has 1 rings (SSSR count). The van der Waals surface area contributed by atoms with Crippen LogP contribution in [0.4, 0.5) is 0 Å². The molecule has 1 aromatic rings. The fourth-order valence-corrected chi connectivity index (χ4v) is 1.86. The van der Waals surface area contributed by atoms with Crippen LogP contribution >= 0.6 is 0 Å². The number of nitrogens with zero attached hydrogens (tertiary/aromatic N) is 2. The molecule has 2 atom stereocenters. The summed E-state index contributed by atoms with van der Waals surface area (Å²) < 4.78 is 2.06. The Morgan fingerprint density at radius 1 is 1.47 bits per heavy atom. The van der Waals surface area contributed by atoms with Crippen molar-refractivity contribution in [2.75, 3.05) is 6.61 Å². The molecule has 0 aliphatic rings. The van der Waals surface area contributed by atoms with E-state index in [0.717, 1.165) is 12.1 Å². The second-order valence-electron chi connectivity index (χ2n) is 4.49. The molecule has 0 saturated carbocycles. The van der Waals surface area contributed by atoms with Gasteiger partial charge in [-0.3, -0.25) is 0 Å². The molecule has 4 nitrogen and oxygen atoms in total. The maximum Gasteiger partial charge on any atom is 0.0951 e. The average molecular weight is 211 g/mol. The lowest BCUT2D eigenvalue weighted by Gasteiger charge is -2.20. The number of rotatable bonds is 5. The first kappa shape index (κ1) is 12.2. The van der Waals surface area contributed by atoms with Crippen molar-refractivity contribution in [1.29, 1.82) is 0 Å². The Bertz CT molecular complexity index is 296. The van der Waals surface area contributed by atoms with E-state index in [1.807, 2.05) is 0 Å². The Balaban J connectivity index is 2.80. The minimum absolute atomic E-state index is 0.0416. The highest BCUT2D eigenvalue weighted by Gasteiger charge is 2.15. The summed E-state index contributed by atoms with van der Waals surface area (Å²) in [6.45, 7) is 6.49. The third kappa shape index (κ3) is 3.04. The van der Waals surface area contributed by atoms with Gasteiger partial charge in [0, 0.05) is 12.2 Å². The number of aliphatic hydroxyl groups is 1. The Hall–Kier alpha value is -0.870. The van der Waals surface area contributed by atoms with Crippen molar-refractivity contribution in [1.82, 2.24) is 9.55 Å². The van der Waals surface area contributed by atoms with Crippen molar-refractivity contribution >= 4 is 0 Å². The molecule has 1 aromatic heterocycles. The zero-order valence-electron chi connectivity index (χ0n) is 9.72. The molecule has 0 radical (unpaired) electrons. The normalized spacial score (nSPS) is 15.6. The minimum atomic E-state index is -0.331. The Morgan fingerprint density at radius 3 is 2.67 bits per heavy atom. The van der Waals surface area contributed by atoms with Gasteiger partial charge in [0.15, 0.2) is 0 Å². The molecule has 0 saturated heterocycles. The van der Waals surface area contributed by atoms with Gasteiger partial charge in [-0.25, -0.2) is 4.98 Å². The van der Waals surface area contributed by atoms with Gasteiger partial charge in [-0.1, -0.05) is 13.8 Å². The van der Waals surface area contributed by atoms with E-state index in [2.05, 4.69) is 30.3 Å². The van der Waals surface area contributed by atoms with Crippen LogP contribution < -0.4 is 5.73 Å². The van der Waals surface area contributed by atoms with E-state index in [0.29, 0.717) is 12.0 Å². The quantitative estimate of drug-likeness (QED) is 0.775. The summed E-state index contributed by atoms with van der Waals surface area (Å²) in [4.78, 5) is 4.09. The van der Waals surface area contributed by atoms with Crippen molar-refractivity contribution < 1.29 is 5.11 Å². The van der Waals surface area contributed by atoms with Crippen LogP contribution in [0.1, 0.15) is 45.0 Å². The topological polar surface area (TPSA) is 64.1 Å². The van der Waals surface area contributed by atoms with E-state index in [4.69, 9.17) is 10.8 Å². The fourth-order valence-electron chi connectivity index (χ4n) is 1.86. The lowest BCUT2D eigenvalue weighted by molar-refractivity contribution is 0.260. The van der Waals surface area contributed by atoms with Crippen molar-refractivity contribution in [3.8, 4) is 0 Å². The number of hydrogen-bond acceptors (Lipinski definition) is 3. The van der Waals surface area contributed by atoms with Gasteiger partial charge in [0.25, 0.3) is 0 Å². The first-order chi connectivity index (χ1) is 7.06. The lowest BCUT2D eigenvalue weighted by Crippen LogP contribution is -2.20. The van der Waals surface area contributed by atoms with Crippen LogP contribution in [-0.2, 0) is 0 Å². The van der Waals surface area contributed by atoms with E-state index in [9.17, 15) is 0 Å². The zero-order valence-corrected chi connectivity index (χ0v) is 9.72. The molecule has 2 unspecified atom stereocenters. The largest absolute Gasteiger partial charge is 0.394 e. The first-order valence-electron chi connectivity index (χ1n) is 5.44. The van der Waals surface area contributed by atoms with E-state index in [1.165, 1.54) is 0 Å². The number of imidazole rings is 1. The van der Waals surface area contributed by atoms with Crippen molar-refractivity contribution in [3.05, 3.63) is 18.2 Å². The molecule has 3 N–H and O–H groups in total. The van der Waals surface area contributed by atoms with Gasteiger partial charge in [-0.05, 0) is 19.3 Å². The van der Waals surface area contributed by atoms with E-state index in [1.54, 1.807) is 12.5 Å². The molecule has 4 heteroatoms. The first-order valence-corrected chi connectivity index (χ1v) is 5.44. The molecule has 86 valence electrons. The number of hydrogen-bond donors (Lipinski definition) is 2. The molecule has 0 bridgehead atoms. The van der Waals surface area contributed by atoms with Crippen molar-refractivity contribution in [3.63, 3.8) is 0 Å². The third-order valence-corrected chi connectivity index (χ3v) is 2.56. The molecule has 0 fully saturated rings. The van der Waals surface area contributed by atoms with Crippen LogP contribution in [0.15, 0.2) is 12.5 Å². The van der Waals surface area contributed by atoms with Crippen LogP contribution in [0.25, 0.3) is 0 Å². The second kappa shape index (κ2) is 5.28. The molecule has 15 heavy (non-hydrogen) atoms. The van der Waals surface area contributed by atoms with Gasteiger partial charge in [0.2, 0.25) is 0 Å². The van der Waals surface area contributed by atoms with Crippen LogP contribution in [0.3, 0.4) is 0 Å². The summed E-state index contributed by atoms with van der Waals surface area (Å²) in [5, 5.41) is 9.03. The van der Waals surface area contributed by atoms with E-state index < -0.39 is 0 Å². The third-order valence-electron chi connectivity index (χ3n) is 2.56. The maximum atomic E-state index is 9.03. The van der Waals surface area contributed by atoms with Crippen LogP contribution in [0.5, 0.6) is 0 Å². The minimum Gasteiger partial charge on any atom is -0.394 e. The van der Waals surface area contributed by atoms with E-state index in [-0.39, 0.29) is 12.6 Å². The molecule has 0 aliphatic carbocycles. The predicted molar refractivity (Wildman–Crippen MR) is 60.4 cm³/mol. The number of aliphatic hydroxyl groups excluding tert-OH is 1. The zero-order chi connectivity index (χ0) is 11.4. The molecular formula is C11H21N3O. The van der Waals surface area contributed by atoms with Gasteiger partial charge >= 0.3 is 0 Å². The second-order valence-corrected chi connectivity index (χ2v) is 4.49. The summed E-state index contributed by atoms with van der Waals surface area (Å²) in [5.41, 5.74) is 6.71. The van der Waals surface area contributed by atoms with Crippen molar-refractivity contribution in [2.24, 2.45) is 11.7 Å². The molecule has 1 heterocycles. The highest BCUT2D eigenvalue weighted by Crippen LogP contribution is 2.21. The molecule has 0 aromatic carbocycles. The van der Waals surface area contributed by atoms with Crippen molar-refractivity contribution in [2.45, 2.75) is 39.3 Å².